The summed E-state index contributed by atoms with van der Waals surface area (Å²) < 4.78 is 0. The van der Waals surface area contributed by atoms with E-state index >= 15 is 0 Å². The SMILES string of the molecule is CCCCN1CCCC2c3cccc(O)c3CCC21. The fraction of sp³-hybridized carbons (Fsp3) is 0.647. The van der Waals surface area contributed by atoms with Crippen LogP contribution < -0.4 is 0 Å². The van der Waals surface area contributed by atoms with E-state index in [4.69, 9.17) is 0 Å². The smallest absolute Gasteiger partial charge is 0.119 e. The first-order chi connectivity index (χ1) is 9.31. The molecule has 2 aliphatic rings. The molecule has 1 aromatic carbocycles. The van der Waals surface area contributed by atoms with Crippen molar-refractivity contribution in [3.05, 3.63) is 29.3 Å². The number of benzene rings is 1. The van der Waals surface area contributed by atoms with Crippen molar-refractivity contribution in [3.8, 4) is 5.75 Å². The van der Waals surface area contributed by atoms with E-state index in [9.17, 15) is 5.11 Å². The Kier molecular flexibility index (Phi) is 3.79. The van der Waals surface area contributed by atoms with Crippen molar-refractivity contribution in [2.75, 3.05) is 13.1 Å². The second kappa shape index (κ2) is 5.54. The van der Waals surface area contributed by atoms with Gasteiger partial charge in [0.05, 0.1) is 0 Å². The Hall–Kier alpha value is -1.02. The zero-order valence-electron chi connectivity index (χ0n) is 11.9. The molecular weight excluding hydrogens is 234 g/mol. The van der Waals surface area contributed by atoms with Crippen LogP contribution in [0.4, 0.5) is 0 Å². The van der Waals surface area contributed by atoms with Gasteiger partial charge in [-0.1, -0.05) is 25.5 Å². The first-order valence-electron chi connectivity index (χ1n) is 7.86. The zero-order chi connectivity index (χ0) is 13.2. The van der Waals surface area contributed by atoms with Crippen molar-refractivity contribution in [2.24, 2.45) is 0 Å². The van der Waals surface area contributed by atoms with Gasteiger partial charge in [0.25, 0.3) is 0 Å². The highest BCUT2D eigenvalue weighted by molar-refractivity contribution is 5.44. The summed E-state index contributed by atoms with van der Waals surface area (Å²) in [6.07, 6.45) is 7.47. The maximum absolute atomic E-state index is 10.0. The molecule has 1 saturated heterocycles. The third kappa shape index (κ3) is 2.38. The third-order valence-electron chi connectivity index (χ3n) is 4.97. The van der Waals surface area contributed by atoms with Gasteiger partial charge in [0.15, 0.2) is 0 Å². The maximum atomic E-state index is 10.0. The molecule has 1 aliphatic carbocycles. The second-order valence-corrected chi connectivity index (χ2v) is 6.09. The molecule has 19 heavy (non-hydrogen) atoms. The molecule has 2 nitrogen and oxygen atoms in total. The van der Waals surface area contributed by atoms with E-state index in [1.165, 1.54) is 56.3 Å². The first kappa shape index (κ1) is 13.0. The third-order valence-corrected chi connectivity index (χ3v) is 4.97. The van der Waals surface area contributed by atoms with Crippen LogP contribution in [0.15, 0.2) is 18.2 Å². The molecule has 1 N–H and O–H groups in total. The molecule has 1 fully saturated rings. The van der Waals surface area contributed by atoms with E-state index in [2.05, 4.69) is 17.9 Å². The molecule has 3 rings (SSSR count). The quantitative estimate of drug-likeness (QED) is 0.895. The number of fused-ring (bicyclic) bond motifs is 3. The molecule has 1 heterocycles. The van der Waals surface area contributed by atoms with Crippen LogP contribution in [0.5, 0.6) is 5.75 Å². The maximum Gasteiger partial charge on any atom is 0.119 e. The van der Waals surface area contributed by atoms with Gasteiger partial charge in [0.2, 0.25) is 0 Å². The van der Waals surface area contributed by atoms with Gasteiger partial charge >= 0.3 is 0 Å². The highest BCUT2D eigenvalue weighted by Crippen LogP contribution is 2.43. The number of phenols is 1. The summed E-state index contributed by atoms with van der Waals surface area (Å²) in [4.78, 5) is 2.71. The topological polar surface area (TPSA) is 23.5 Å². The highest BCUT2D eigenvalue weighted by atomic mass is 16.3. The molecule has 2 heteroatoms. The van der Waals surface area contributed by atoms with Crippen LogP contribution in [0, 0.1) is 0 Å². The monoisotopic (exact) mass is 259 g/mol. The van der Waals surface area contributed by atoms with Crippen LogP contribution in [-0.2, 0) is 6.42 Å². The van der Waals surface area contributed by atoms with Gasteiger partial charge in [-0.2, -0.15) is 0 Å². The number of unbranched alkanes of at least 4 members (excludes halogenated alkanes) is 1. The lowest BCUT2D eigenvalue weighted by Gasteiger charge is -2.45. The van der Waals surface area contributed by atoms with Crippen LogP contribution in [0.3, 0.4) is 0 Å². The predicted molar refractivity (Wildman–Crippen MR) is 78.7 cm³/mol. The summed E-state index contributed by atoms with van der Waals surface area (Å²) >= 11 is 0. The highest BCUT2D eigenvalue weighted by Gasteiger charge is 2.36. The molecule has 0 spiro atoms. The average Bonchev–Trinajstić information content (AvgIpc) is 2.45. The van der Waals surface area contributed by atoms with Crippen molar-refractivity contribution < 1.29 is 5.11 Å². The van der Waals surface area contributed by atoms with E-state index < -0.39 is 0 Å². The van der Waals surface area contributed by atoms with Crippen LogP contribution in [-0.4, -0.2) is 29.1 Å². The second-order valence-electron chi connectivity index (χ2n) is 6.09. The van der Waals surface area contributed by atoms with E-state index in [-0.39, 0.29) is 0 Å². The molecule has 1 aromatic rings. The van der Waals surface area contributed by atoms with Gasteiger partial charge in [0.1, 0.15) is 5.75 Å². The largest absolute Gasteiger partial charge is 0.508 e. The minimum absolute atomic E-state index is 0.515. The molecule has 0 saturated carbocycles. The molecule has 2 atom stereocenters. The standard InChI is InChI=1S/C17H25NO/c1-2-3-11-18-12-5-7-14-13-6-4-8-17(19)15(13)9-10-16(14)18/h4,6,8,14,16,19H,2-3,5,7,9-12H2,1H3. The summed E-state index contributed by atoms with van der Waals surface area (Å²) in [7, 11) is 0. The molecule has 104 valence electrons. The van der Waals surface area contributed by atoms with Gasteiger partial charge in [0, 0.05) is 6.04 Å². The first-order valence-corrected chi connectivity index (χ1v) is 7.86. The average molecular weight is 259 g/mol. The number of likely N-dealkylation sites (tertiary alicyclic amines) is 1. The van der Waals surface area contributed by atoms with Crippen molar-refractivity contribution in [1.82, 2.24) is 4.90 Å². The Bertz CT molecular complexity index is 443. The lowest BCUT2D eigenvalue weighted by atomic mass is 9.74. The van der Waals surface area contributed by atoms with Gasteiger partial charge in [-0.15, -0.1) is 0 Å². The van der Waals surface area contributed by atoms with Gasteiger partial charge in [-0.3, -0.25) is 4.90 Å². The summed E-state index contributed by atoms with van der Waals surface area (Å²) in [5.41, 5.74) is 2.65. The zero-order valence-corrected chi connectivity index (χ0v) is 11.9. The molecule has 0 radical (unpaired) electrons. The summed E-state index contributed by atoms with van der Waals surface area (Å²) in [6, 6.07) is 6.82. The lowest BCUT2D eigenvalue weighted by Crippen LogP contribution is -2.46. The fourth-order valence-corrected chi connectivity index (χ4v) is 4.02. The molecular formula is C17H25NO. The Morgan fingerprint density at radius 2 is 2.21 bits per heavy atom. The lowest BCUT2D eigenvalue weighted by molar-refractivity contribution is 0.110. The summed E-state index contributed by atoms with van der Waals surface area (Å²) in [5, 5.41) is 10.0. The summed E-state index contributed by atoms with van der Waals surface area (Å²) in [6.45, 7) is 4.80. The number of hydrogen-bond donors (Lipinski definition) is 1. The van der Waals surface area contributed by atoms with Gasteiger partial charge in [-0.25, -0.2) is 0 Å². The Morgan fingerprint density at radius 3 is 3.05 bits per heavy atom. The minimum atomic E-state index is 0.515. The number of rotatable bonds is 3. The Morgan fingerprint density at radius 1 is 1.32 bits per heavy atom. The van der Waals surface area contributed by atoms with Crippen LogP contribution >= 0.6 is 0 Å². The van der Waals surface area contributed by atoms with E-state index in [1.54, 1.807) is 0 Å². The van der Waals surface area contributed by atoms with E-state index in [1.807, 2.05) is 12.1 Å². The van der Waals surface area contributed by atoms with E-state index in [0.29, 0.717) is 11.7 Å². The summed E-state index contributed by atoms with van der Waals surface area (Å²) in [5.74, 6) is 1.17. The van der Waals surface area contributed by atoms with Crippen LogP contribution in [0.25, 0.3) is 0 Å². The fourth-order valence-electron chi connectivity index (χ4n) is 4.02. The number of piperidine rings is 1. The molecule has 0 aromatic heterocycles. The molecule has 0 bridgehead atoms. The normalized spacial score (nSPS) is 26.8. The molecule has 1 aliphatic heterocycles. The number of aromatic hydroxyl groups is 1. The Balaban J connectivity index is 1.85. The predicted octanol–water partition coefficient (Wildman–Crippen LogP) is 3.69. The molecule has 0 amide bonds. The minimum Gasteiger partial charge on any atom is -0.508 e. The van der Waals surface area contributed by atoms with Crippen LogP contribution in [0.2, 0.25) is 0 Å². The number of hydrogen-bond acceptors (Lipinski definition) is 2. The Labute approximate surface area is 116 Å². The van der Waals surface area contributed by atoms with Gasteiger partial charge in [-0.05, 0) is 68.3 Å². The van der Waals surface area contributed by atoms with E-state index in [0.717, 1.165) is 12.5 Å². The van der Waals surface area contributed by atoms with Crippen molar-refractivity contribution in [3.63, 3.8) is 0 Å². The van der Waals surface area contributed by atoms with Crippen molar-refractivity contribution in [2.45, 2.75) is 57.4 Å². The van der Waals surface area contributed by atoms with Gasteiger partial charge < -0.3 is 5.11 Å². The van der Waals surface area contributed by atoms with Crippen molar-refractivity contribution in [1.29, 1.82) is 0 Å². The number of phenolic OH excluding ortho intramolecular Hbond substituents is 1. The number of nitrogens with zero attached hydrogens (tertiary/aromatic N) is 1. The van der Waals surface area contributed by atoms with Crippen LogP contribution in [0.1, 0.15) is 56.1 Å². The molecule has 2 unspecified atom stereocenters. The van der Waals surface area contributed by atoms with Crippen molar-refractivity contribution >= 4 is 0 Å².